The van der Waals surface area contributed by atoms with Crippen molar-refractivity contribution in [3.05, 3.63) is 23.8 Å². The van der Waals surface area contributed by atoms with Gasteiger partial charge in [-0.25, -0.2) is 9.78 Å². The lowest BCUT2D eigenvalue weighted by Gasteiger charge is -2.28. The van der Waals surface area contributed by atoms with E-state index in [0.29, 0.717) is 23.6 Å². The van der Waals surface area contributed by atoms with Gasteiger partial charge in [0.2, 0.25) is 5.89 Å². The van der Waals surface area contributed by atoms with Crippen LogP contribution in [-0.4, -0.2) is 26.8 Å². The van der Waals surface area contributed by atoms with E-state index in [4.69, 9.17) is 15.6 Å². The molecular formula is C17H21N3O3. The highest BCUT2D eigenvalue weighted by Crippen LogP contribution is 2.27. The topological polar surface area (TPSA) is 70.2 Å². The third kappa shape index (κ3) is 3.81. The van der Waals surface area contributed by atoms with Gasteiger partial charge in [0, 0.05) is 19.7 Å². The summed E-state index contributed by atoms with van der Waals surface area (Å²) in [6, 6.07) is 0. The number of terminal acetylenes is 1. The number of rotatable bonds is 4. The minimum absolute atomic E-state index is 0.162. The summed E-state index contributed by atoms with van der Waals surface area (Å²) in [4.78, 5) is 16.7. The molecule has 0 N–H and O–H groups in total. The van der Waals surface area contributed by atoms with Crippen LogP contribution in [0.25, 0.3) is 11.5 Å². The van der Waals surface area contributed by atoms with Gasteiger partial charge in [0.05, 0.1) is 11.8 Å². The molecule has 2 aromatic heterocycles. The third-order valence-electron chi connectivity index (χ3n) is 3.46. The van der Waals surface area contributed by atoms with Gasteiger partial charge in [-0.2, -0.15) is 5.10 Å². The van der Waals surface area contributed by atoms with Crippen LogP contribution in [-0.2, 0) is 11.8 Å². The van der Waals surface area contributed by atoms with Crippen LogP contribution in [0.15, 0.2) is 16.8 Å². The molecule has 0 aliphatic heterocycles. The van der Waals surface area contributed by atoms with Crippen LogP contribution in [0, 0.1) is 24.7 Å². The molecule has 0 radical (unpaired) electrons. The summed E-state index contributed by atoms with van der Waals surface area (Å²) in [5.41, 5.74) is 0.604. The number of aryl methyl sites for hydroxylation is 2. The number of nitrogens with zero attached hydrogens (tertiary/aromatic N) is 3. The molecule has 2 heterocycles. The molecule has 6 heteroatoms. The Morgan fingerprint density at radius 3 is 2.74 bits per heavy atom. The summed E-state index contributed by atoms with van der Waals surface area (Å²) >= 11 is 0. The van der Waals surface area contributed by atoms with Crippen molar-refractivity contribution in [2.24, 2.45) is 12.5 Å². The highest BCUT2D eigenvalue weighted by atomic mass is 16.5. The fraction of sp³-hybridized carbons (Fsp3) is 0.471. The van der Waals surface area contributed by atoms with Crippen molar-refractivity contribution in [2.75, 3.05) is 0 Å². The van der Waals surface area contributed by atoms with Gasteiger partial charge >= 0.3 is 5.97 Å². The van der Waals surface area contributed by atoms with E-state index in [1.807, 2.05) is 20.8 Å². The van der Waals surface area contributed by atoms with Crippen molar-refractivity contribution in [1.29, 1.82) is 0 Å². The Kier molecular flexibility index (Phi) is 4.60. The lowest BCUT2D eigenvalue weighted by molar-refractivity contribution is -0.00124. The zero-order valence-electron chi connectivity index (χ0n) is 14.1. The highest BCUT2D eigenvalue weighted by molar-refractivity contribution is 5.89. The van der Waals surface area contributed by atoms with E-state index >= 15 is 0 Å². The minimum Gasteiger partial charge on any atom is -0.456 e. The average Bonchev–Trinajstić information content (AvgIpc) is 3.03. The normalized spacial score (nSPS) is 12.7. The lowest BCUT2D eigenvalue weighted by Crippen LogP contribution is -2.31. The third-order valence-corrected chi connectivity index (χ3v) is 3.46. The number of carbonyl (C=O) groups excluding carboxylic acids is 1. The molecule has 0 bridgehead atoms. The number of aromatic nitrogens is 3. The van der Waals surface area contributed by atoms with E-state index in [-0.39, 0.29) is 11.1 Å². The second-order valence-corrected chi connectivity index (χ2v) is 6.49. The van der Waals surface area contributed by atoms with Gasteiger partial charge in [0.25, 0.3) is 0 Å². The Balaban J connectivity index is 2.23. The molecule has 2 rings (SSSR count). The van der Waals surface area contributed by atoms with Gasteiger partial charge in [-0.15, -0.1) is 12.3 Å². The zero-order chi connectivity index (χ0) is 17.2. The van der Waals surface area contributed by atoms with Crippen molar-refractivity contribution < 1.29 is 13.9 Å². The van der Waals surface area contributed by atoms with Crippen molar-refractivity contribution in [3.63, 3.8) is 0 Å². The first kappa shape index (κ1) is 16.8. The minimum atomic E-state index is -0.531. The molecule has 0 fully saturated rings. The molecular weight excluding hydrogens is 294 g/mol. The Morgan fingerprint density at radius 2 is 2.22 bits per heavy atom. The van der Waals surface area contributed by atoms with Gasteiger partial charge in [0.15, 0.2) is 5.69 Å². The monoisotopic (exact) mass is 315 g/mol. The van der Waals surface area contributed by atoms with Crippen LogP contribution >= 0.6 is 0 Å². The Hall–Kier alpha value is -2.55. The van der Waals surface area contributed by atoms with E-state index in [1.54, 1.807) is 31.0 Å². The number of hydrogen-bond acceptors (Lipinski definition) is 5. The molecule has 0 aliphatic rings. The van der Waals surface area contributed by atoms with Crippen molar-refractivity contribution in [3.8, 4) is 23.8 Å². The summed E-state index contributed by atoms with van der Waals surface area (Å²) in [6.07, 6.45) is 8.71. The molecule has 1 atom stereocenters. The summed E-state index contributed by atoms with van der Waals surface area (Å²) in [6.45, 7) is 7.59. The average molecular weight is 315 g/mol. The van der Waals surface area contributed by atoms with E-state index in [2.05, 4.69) is 16.0 Å². The Morgan fingerprint density at radius 1 is 1.52 bits per heavy atom. The molecule has 0 aromatic carbocycles. The van der Waals surface area contributed by atoms with E-state index < -0.39 is 12.1 Å². The molecule has 0 aliphatic carbocycles. The maximum atomic E-state index is 12.4. The molecule has 2 aromatic rings. The van der Waals surface area contributed by atoms with Crippen LogP contribution in [0.4, 0.5) is 0 Å². The molecule has 0 saturated carbocycles. The fourth-order valence-electron chi connectivity index (χ4n) is 2.06. The first-order chi connectivity index (χ1) is 10.7. The Bertz CT molecular complexity index is 744. The van der Waals surface area contributed by atoms with Gasteiger partial charge in [0.1, 0.15) is 11.9 Å². The molecule has 0 saturated heterocycles. The predicted octanol–water partition coefficient (Wildman–Crippen LogP) is 2.98. The van der Waals surface area contributed by atoms with E-state index in [9.17, 15) is 4.79 Å². The molecule has 0 amide bonds. The van der Waals surface area contributed by atoms with Crippen LogP contribution in [0.1, 0.15) is 43.4 Å². The summed E-state index contributed by atoms with van der Waals surface area (Å²) in [7, 11) is 1.79. The van der Waals surface area contributed by atoms with Gasteiger partial charge in [-0.3, -0.25) is 4.68 Å². The summed E-state index contributed by atoms with van der Waals surface area (Å²) in [5.74, 6) is 2.76. The molecule has 6 nitrogen and oxygen atoms in total. The van der Waals surface area contributed by atoms with Crippen LogP contribution < -0.4 is 0 Å². The van der Waals surface area contributed by atoms with E-state index in [0.717, 1.165) is 0 Å². The molecule has 122 valence electrons. The summed E-state index contributed by atoms with van der Waals surface area (Å²) in [5, 5.41) is 4.06. The predicted molar refractivity (Wildman–Crippen MR) is 85.6 cm³/mol. The van der Waals surface area contributed by atoms with Crippen LogP contribution in [0.2, 0.25) is 0 Å². The van der Waals surface area contributed by atoms with Crippen LogP contribution in [0.5, 0.6) is 0 Å². The van der Waals surface area contributed by atoms with Crippen molar-refractivity contribution in [2.45, 2.75) is 40.2 Å². The smallest absolute Gasteiger partial charge is 0.360 e. The zero-order valence-corrected chi connectivity index (χ0v) is 14.1. The molecule has 0 spiro atoms. The van der Waals surface area contributed by atoms with Crippen molar-refractivity contribution in [1.82, 2.24) is 14.8 Å². The molecule has 1 unspecified atom stereocenters. The van der Waals surface area contributed by atoms with E-state index in [1.165, 1.54) is 0 Å². The summed E-state index contributed by atoms with van der Waals surface area (Å²) < 4.78 is 12.7. The largest absolute Gasteiger partial charge is 0.456 e. The first-order valence-electron chi connectivity index (χ1n) is 7.33. The lowest BCUT2D eigenvalue weighted by atomic mass is 9.87. The second kappa shape index (κ2) is 6.29. The number of carbonyl (C=O) groups is 1. The maximum absolute atomic E-state index is 12.4. The number of esters is 1. The first-order valence-corrected chi connectivity index (χ1v) is 7.33. The molecule has 23 heavy (non-hydrogen) atoms. The SMILES string of the molecule is C#CCC(OC(=O)c1nc(-c2cnn(C)c2)oc1C)C(C)(C)C. The standard InChI is InChI=1S/C17H21N3O3/c1-7-8-13(17(3,4)5)23-16(21)14-11(2)22-15(19-14)12-9-18-20(6)10-12/h1,9-10,13H,8H2,2-6H3. The highest BCUT2D eigenvalue weighted by Gasteiger charge is 2.30. The van der Waals surface area contributed by atoms with Crippen LogP contribution in [0.3, 0.4) is 0 Å². The number of hydrogen-bond donors (Lipinski definition) is 0. The van der Waals surface area contributed by atoms with Crippen molar-refractivity contribution >= 4 is 5.97 Å². The second-order valence-electron chi connectivity index (χ2n) is 6.49. The number of oxazole rings is 1. The quantitative estimate of drug-likeness (QED) is 0.641. The maximum Gasteiger partial charge on any atom is 0.360 e. The number of ether oxygens (including phenoxy) is 1. The van der Waals surface area contributed by atoms with Gasteiger partial charge < -0.3 is 9.15 Å². The van der Waals surface area contributed by atoms with Gasteiger partial charge in [-0.05, 0) is 12.3 Å². The Labute approximate surface area is 135 Å². The fourth-order valence-corrected chi connectivity index (χ4v) is 2.06. The van der Waals surface area contributed by atoms with Gasteiger partial charge in [-0.1, -0.05) is 20.8 Å².